The van der Waals surface area contributed by atoms with Crippen LogP contribution in [0.3, 0.4) is 0 Å². The molecule has 6 heteroatoms. The highest BCUT2D eigenvalue weighted by Gasteiger charge is 2.19. The Morgan fingerprint density at radius 3 is 2.69 bits per heavy atom. The number of para-hydroxylation sites is 1. The van der Waals surface area contributed by atoms with Crippen molar-refractivity contribution in [2.45, 2.75) is 23.6 Å². The Labute approximate surface area is 155 Å². The van der Waals surface area contributed by atoms with E-state index >= 15 is 0 Å². The number of hydrogen-bond donors (Lipinski definition) is 2. The molecule has 1 atom stereocenters. The zero-order valence-corrected chi connectivity index (χ0v) is 15.0. The number of carbonyl (C=O) groups excluding carboxylic acids is 1. The summed E-state index contributed by atoms with van der Waals surface area (Å²) in [6, 6.07) is 18.0. The Bertz CT molecular complexity index is 958. The maximum absolute atomic E-state index is 12.6. The minimum Gasteiger partial charge on any atom is -0.478 e. The zero-order valence-electron chi connectivity index (χ0n) is 14.2. The van der Waals surface area contributed by atoms with Gasteiger partial charge in [0.15, 0.2) is 0 Å². The van der Waals surface area contributed by atoms with Gasteiger partial charge >= 0.3 is 5.97 Å². The van der Waals surface area contributed by atoms with Crippen molar-refractivity contribution in [1.29, 1.82) is 0 Å². The Balaban J connectivity index is 1.74. The van der Waals surface area contributed by atoms with Gasteiger partial charge in [-0.3, -0.25) is 4.79 Å². The number of aromatic nitrogens is 1. The molecule has 0 spiro atoms. The van der Waals surface area contributed by atoms with Crippen LogP contribution in [0.2, 0.25) is 0 Å². The lowest BCUT2D eigenvalue weighted by atomic mass is 10.2. The second-order valence-electron chi connectivity index (χ2n) is 5.73. The van der Waals surface area contributed by atoms with Gasteiger partial charge in [0.25, 0.3) is 0 Å². The number of nitrogens with zero attached hydrogens (tertiary/aromatic N) is 1. The van der Waals surface area contributed by atoms with Crippen LogP contribution in [0.25, 0.3) is 10.9 Å². The summed E-state index contributed by atoms with van der Waals surface area (Å²) < 4.78 is 0. The lowest BCUT2D eigenvalue weighted by molar-refractivity contribution is -0.115. The molecule has 3 rings (SSSR count). The van der Waals surface area contributed by atoms with E-state index in [1.54, 1.807) is 12.1 Å². The molecular weight excluding hydrogens is 348 g/mol. The lowest BCUT2D eigenvalue weighted by Crippen LogP contribution is -2.24. The number of aromatic carboxylic acids is 1. The number of nitrogens with one attached hydrogen (secondary N) is 1. The Kier molecular flexibility index (Phi) is 5.53. The van der Waals surface area contributed by atoms with E-state index in [1.165, 1.54) is 23.9 Å². The summed E-state index contributed by atoms with van der Waals surface area (Å²) in [5, 5.41) is 13.4. The van der Waals surface area contributed by atoms with E-state index in [9.17, 15) is 9.59 Å². The van der Waals surface area contributed by atoms with Gasteiger partial charge < -0.3 is 10.4 Å². The number of carbonyl (C=O) groups is 2. The largest absolute Gasteiger partial charge is 0.478 e. The van der Waals surface area contributed by atoms with Crippen LogP contribution in [-0.2, 0) is 4.79 Å². The molecule has 0 radical (unpaired) electrons. The van der Waals surface area contributed by atoms with Crippen LogP contribution >= 0.6 is 11.8 Å². The third kappa shape index (κ3) is 4.21. The van der Waals surface area contributed by atoms with Crippen molar-refractivity contribution in [3.8, 4) is 0 Å². The summed E-state index contributed by atoms with van der Waals surface area (Å²) in [6.07, 6.45) is 0.629. The van der Waals surface area contributed by atoms with E-state index in [4.69, 9.17) is 5.11 Å². The molecule has 0 saturated carbocycles. The van der Waals surface area contributed by atoms with Gasteiger partial charge in [-0.05, 0) is 36.8 Å². The molecule has 1 heterocycles. The number of amides is 1. The summed E-state index contributed by atoms with van der Waals surface area (Å²) in [4.78, 5) is 28.2. The predicted octanol–water partition coefficient (Wildman–Crippen LogP) is 4.44. The highest BCUT2D eigenvalue weighted by atomic mass is 32.2. The van der Waals surface area contributed by atoms with Gasteiger partial charge in [0.05, 0.1) is 21.4 Å². The topological polar surface area (TPSA) is 79.3 Å². The van der Waals surface area contributed by atoms with Gasteiger partial charge in [0.2, 0.25) is 5.91 Å². The summed E-state index contributed by atoms with van der Waals surface area (Å²) in [5.41, 5.74) is 1.50. The Morgan fingerprint density at radius 1 is 1.12 bits per heavy atom. The molecule has 5 nitrogen and oxygen atoms in total. The first-order chi connectivity index (χ1) is 12.6. The maximum Gasteiger partial charge on any atom is 0.335 e. The standard InChI is InChI=1S/C20H18N2O3S/c1-2-17(19(23)21-15-8-5-7-14(12-15)20(24)25)26-18-11-10-13-6-3-4-9-16(13)22-18/h3-12,17H,2H2,1H3,(H,21,23)(H,24,25). The van der Waals surface area contributed by atoms with E-state index in [0.29, 0.717) is 12.1 Å². The van der Waals surface area contributed by atoms with Gasteiger partial charge in [-0.1, -0.05) is 49.0 Å². The maximum atomic E-state index is 12.6. The number of benzene rings is 2. The van der Waals surface area contributed by atoms with Crippen LogP contribution in [0.4, 0.5) is 5.69 Å². The molecule has 0 aliphatic heterocycles. The number of pyridine rings is 1. The number of hydrogen-bond acceptors (Lipinski definition) is 4. The minimum atomic E-state index is -1.03. The molecule has 0 aliphatic carbocycles. The number of rotatable bonds is 6. The smallest absolute Gasteiger partial charge is 0.335 e. The summed E-state index contributed by atoms with van der Waals surface area (Å²) in [6.45, 7) is 1.94. The molecule has 3 aromatic rings. The third-order valence-electron chi connectivity index (χ3n) is 3.88. The number of anilines is 1. The van der Waals surface area contributed by atoms with Crippen molar-refractivity contribution in [2.75, 3.05) is 5.32 Å². The fourth-order valence-electron chi connectivity index (χ4n) is 2.53. The molecular formula is C20H18N2O3S. The van der Waals surface area contributed by atoms with Crippen molar-refractivity contribution in [3.63, 3.8) is 0 Å². The molecule has 0 saturated heterocycles. The molecule has 1 amide bonds. The average molecular weight is 366 g/mol. The van der Waals surface area contributed by atoms with Crippen LogP contribution < -0.4 is 5.32 Å². The highest BCUT2D eigenvalue weighted by Crippen LogP contribution is 2.27. The normalized spacial score (nSPS) is 11.9. The third-order valence-corrected chi connectivity index (χ3v) is 5.18. The quantitative estimate of drug-likeness (QED) is 0.631. The molecule has 1 unspecified atom stereocenters. The van der Waals surface area contributed by atoms with Crippen molar-refractivity contribution in [3.05, 3.63) is 66.2 Å². The first kappa shape index (κ1) is 17.9. The molecule has 0 fully saturated rings. The minimum absolute atomic E-state index is 0.139. The van der Waals surface area contributed by atoms with Crippen LogP contribution in [0.5, 0.6) is 0 Å². The lowest BCUT2D eigenvalue weighted by Gasteiger charge is -2.15. The first-order valence-electron chi connectivity index (χ1n) is 8.23. The Hall–Kier alpha value is -2.86. The van der Waals surface area contributed by atoms with Crippen LogP contribution in [0.15, 0.2) is 65.7 Å². The SMILES string of the molecule is CCC(Sc1ccc2ccccc2n1)C(=O)Nc1cccc(C(=O)O)c1. The fourth-order valence-corrected chi connectivity index (χ4v) is 3.46. The van der Waals surface area contributed by atoms with E-state index in [1.807, 2.05) is 43.3 Å². The fraction of sp³-hybridized carbons (Fsp3) is 0.150. The first-order valence-corrected chi connectivity index (χ1v) is 9.11. The number of carboxylic acid groups (broad SMARTS) is 1. The summed E-state index contributed by atoms with van der Waals surface area (Å²) in [5.74, 6) is -1.20. The molecule has 0 aliphatic rings. The number of fused-ring (bicyclic) bond motifs is 1. The van der Waals surface area contributed by atoms with Gasteiger partial charge in [0, 0.05) is 11.1 Å². The monoisotopic (exact) mass is 366 g/mol. The van der Waals surface area contributed by atoms with E-state index in [2.05, 4.69) is 10.3 Å². The van der Waals surface area contributed by atoms with Crippen LogP contribution in [-0.4, -0.2) is 27.2 Å². The summed E-state index contributed by atoms with van der Waals surface area (Å²) >= 11 is 1.40. The van der Waals surface area contributed by atoms with Gasteiger partial charge in [0.1, 0.15) is 0 Å². The van der Waals surface area contributed by atoms with Crippen molar-refractivity contribution in [1.82, 2.24) is 4.98 Å². The number of thioether (sulfide) groups is 1. The van der Waals surface area contributed by atoms with Gasteiger partial charge in [-0.15, -0.1) is 0 Å². The van der Waals surface area contributed by atoms with Crippen molar-refractivity contribution in [2.24, 2.45) is 0 Å². The van der Waals surface area contributed by atoms with Gasteiger partial charge in [-0.25, -0.2) is 9.78 Å². The molecule has 2 aromatic carbocycles. The van der Waals surface area contributed by atoms with E-state index < -0.39 is 5.97 Å². The number of carboxylic acids is 1. The average Bonchev–Trinajstić information content (AvgIpc) is 2.66. The van der Waals surface area contributed by atoms with Crippen LogP contribution in [0, 0.1) is 0 Å². The Morgan fingerprint density at radius 2 is 1.92 bits per heavy atom. The molecule has 26 heavy (non-hydrogen) atoms. The van der Waals surface area contributed by atoms with E-state index in [-0.39, 0.29) is 16.7 Å². The molecule has 132 valence electrons. The molecule has 0 bridgehead atoms. The van der Waals surface area contributed by atoms with Crippen molar-refractivity contribution < 1.29 is 14.7 Å². The highest BCUT2D eigenvalue weighted by molar-refractivity contribution is 8.00. The zero-order chi connectivity index (χ0) is 18.5. The second-order valence-corrected chi connectivity index (χ2v) is 6.96. The van der Waals surface area contributed by atoms with E-state index in [0.717, 1.165) is 15.9 Å². The molecule has 1 aromatic heterocycles. The van der Waals surface area contributed by atoms with Crippen LogP contribution in [0.1, 0.15) is 23.7 Å². The van der Waals surface area contributed by atoms with Crippen molar-refractivity contribution >= 4 is 40.2 Å². The second kappa shape index (κ2) is 8.01. The molecule has 2 N–H and O–H groups in total. The van der Waals surface area contributed by atoms with Gasteiger partial charge in [-0.2, -0.15) is 0 Å². The summed E-state index contributed by atoms with van der Waals surface area (Å²) in [7, 11) is 0. The predicted molar refractivity (Wildman–Crippen MR) is 104 cm³/mol.